The van der Waals surface area contributed by atoms with Crippen molar-refractivity contribution in [2.45, 2.75) is 84.4 Å². The fourth-order valence-electron chi connectivity index (χ4n) is 4.30. The Morgan fingerprint density at radius 3 is 2.56 bits per heavy atom. The van der Waals surface area contributed by atoms with E-state index in [0.717, 1.165) is 56.1 Å². The van der Waals surface area contributed by atoms with Gasteiger partial charge in [-0.25, -0.2) is 4.79 Å². The van der Waals surface area contributed by atoms with Crippen molar-refractivity contribution in [3.05, 3.63) is 41.7 Å². The summed E-state index contributed by atoms with van der Waals surface area (Å²) in [7, 11) is 0. The van der Waals surface area contributed by atoms with Crippen molar-refractivity contribution in [1.82, 2.24) is 30.0 Å². The molecule has 3 rings (SSSR count). The number of amides is 1. The second kappa shape index (κ2) is 10.4. The van der Waals surface area contributed by atoms with Crippen LogP contribution in [0.15, 0.2) is 24.5 Å². The highest BCUT2D eigenvalue weighted by molar-refractivity contribution is 5.68. The summed E-state index contributed by atoms with van der Waals surface area (Å²) in [5.41, 5.74) is 0.468. The van der Waals surface area contributed by atoms with Crippen LogP contribution in [0.2, 0.25) is 0 Å². The quantitative estimate of drug-likeness (QED) is 0.684. The Kier molecular flexibility index (Phi) is 7.87. The Bertz CT molecular complexity index is 866. The van der Waals surface area contributed by atoms with Crippen LogP contribution >= 0.6 is 0 Å². The number of hydrogen-bond acceptors (Lipinski definition) is 6. The number of nitrogens with one attached hydrogen (secondary N) is 1. The highest BCUT2D eigenvalue weighted by atomic mass is 16.6. The first-order valence-electron chi connectivity index (χ1n) is 11.7. The van der Waals surface area contributed by atoms with Crippen LogP contribution in [0.25, 0.3) is 0 Å². The lowest BCUT2D eigenvalue weighted by Gasteiger charge is -2.34. The zero-order valence-corrected chi connectivity index (χ0v) is 20.3. The zero-order valence-electron chi connectivity index (χ0n) is 20.3. The van der Waals surface area contributed by atoms with E-state index in [-0.39, 0.29) is 6.04 Å². The largest absolute Gasteiger partial charge is 0.444 e. The summed E-state index contributed by atoms with van der Waals surface area (Å²) in [5, 5.41) is 11.8. The minimum Gasteiger partial charge on any atom is -0.444 e. The van der Waals surface area contributed by atoms with E-state index < -0.39 is 11.7 Å². The molecule has 0 radical (unpaired) electrons. The lowest BCUT2D eigenvalue weighted by atomic mass is 10.0. The Morgan fingerprint density at radius 2 is 1.97 bits per heavy atom. The molecule has 1 atom stereocenters. The van der Waals surface area contributed by atoms with Gasteiger partial charge in [0.25, 0.3) is 0 Å². The number of alkyl carbamates (subject to hydrolysis) is 1. The molecular weight excluding hydrogens is 404 g/mol. The molecule has 8 nitrogen and oxygen atoms in total. The summed E-state index contributed by atoms with van der Waals surface area (Å²) in [6, 6.07) is 4.22. The topological polar surface area (TPSA) is 85.2 Å². The van der Waals surface area contributed by atoms with Crippen LogP contribution in [-0.4, -0.2) is 56.0 Å². The molecule has 176 valence electrons. The molecule has 2 aromatic rings. The van der Waals surface area contributed by atoms with Crippen LogP contribution in [-0.2, 0) is 4.74 Å². The summed E-state index contributed by atoms with van der Waals surface area (Å²) in [6.45, 7) is 15.0. The number of ether oxygens (including phenoxy) is 1. The number of carbonyl (C=O) groups excluding carboxylic acids is 1. The van der Waals surface area contributed by atoms with Crippen LogP contribution in [0.5, 0.6) is 0 Å². The molecular formula is C24H38N6O2. The number of carbonyl (C=O) groups is 1. The van der Waals surface area contributed by atoms with E-state index in [1.807, 2.05) is 46.0 Å². The van der Waals surface area contributed by atoms with Crippen LogP contribution in [0, 0.1) is 6.92 Å². The van der Waals surface area contributed by atoms with Gasteiger partial charge in [-0.1, -0.05) is 19.9 Å². The maximum absolute atomic E-state index is 12.4. The van der Waals surface area contributed by atoms with Crippen molar-refractivity contribution in [2.75, 3.05) is 19.6 Å². The molecule has 0 unspecified atom stereocenters. The number of nitrogens with zero attached hydrogens (tertiary/aromatic N) is 5. The van der Waals surface area contributed by atoms with E-state index >= 15 is 0 Å². The molecule has 1 N–H and O–H groups in total. The average Bonchev–Trinajstić information content (AvgIpc) is 3.12. The number of aryl methyl sites for hydroxylation is 1. The van der Waals surface area contributed by atoms with Crippen molar-refractivity contribution in [2.24, 2.45) is 0 Å². The van der Waals surface area contributed by atoms with Gasteiger partial charge in [0.15, 0.2) is 0 Å². The Labute approximate surface area is 191 Å². The van der Waals surface area contributed by atoms with E-state index in [1.54, 1.807) is 6.20 Å². The van der Waals surface area contributed by atoms with Gasteiger partial charge in [-0.2, -0.15) is 0 Å². The van der Waals surface area contributed by atoms with Crippen molar-refractivity contribution in [3.63, 3.8) is 0 Å². The summed E-state index contributed by atoms with van der Waals surface area (Å²) in [6.07, 6.45) is 6.13. The maximum atomic E-state index is 12.4. The maximum Gasteiger partial charge on any atom is 0.408 e. The minimum atomic E-state index is -0.527. The third-order valence-corrected chi connectivity index (χ3v) is 5.84. The Hall–Kier alpha value is -2.48. The number of pyridine rings is 1. The van der Waals surface area contributed by atoms with Crippen molar-refractivity contribution < 1.29 is 9.53 Å². The molecule has 0 aliphatic carbocycles. The van der Waals surface area contributed by atoms with E-state index in [2.05, 4.69) is 43.8 Å². The molecule has 1 saturated heterocycles. The predicted octanol–water partition coefficient (Wildman–Crippen LogP) is 4.40. The molecule has 0 aromatic carbocycles. The summed E-state index contributed by atoms with van der Waals surface area (Å²) < 4.78 is 7.82. The molecule has 1 amide bonds. The Morgan fingerprint density at radius 1 is 1.25 bits per heavy atom. The fourth-order valence-corrected chi connectivity index (χ4v) is 4.30. The second-order valence-electron chi connectivity index (χ2n) is 9.98. The van der Waals surface area contributed by atoms with Crippen LogP contribution in [0.4, 0.5) is 4.79 Å². The molecule has 1 fully saturated rings. The second-order valence-corrected chi connectivity index (χ2v) is 9.98. The number of hydrogen-bond donors (Lipinski definition) is 1. The van der Waals surface area contributed by atoms with Crippen molar-refractivity contribution in [1.29, 1.82) is 0 Å². The van der Waals surface area contributed by atoms with Gasteiger partial charge >= 0.3 is 6.09 Å². The van der Waals surface area contributed by atoms with Crippen LogP contribution in [0.1, 0.15) is 89.1 Å². The van der Waals surface area contributed by atoms with Gasteiger partial charge in [-0.3, -0.25) is 4.98 Å². The molecule has 0 bridgehead atoms. The molecule has 0 spiro atoms. The highest BCUT2D eigenvalue weighted by Gasteiger charge is 2.26. The predicted molar refractivity (Wildman–Crippen MR) is 125 cm³/mol. The molecule has 0 saturated carbocycles. The first kappa shape index (κ1) is 24.2. The van der Waals surface area contributed by atoms with E-state index in [4.69, 9.17) is 4.74 Å². The SMILES string of the molecule is Cc1nnc(C(C)C)n1C1CCN(CC[C@H](NC(=O)OC(C)(C)C)c2cccnc2)CC1. The summed E-state index contributed by atoms with van der Waals surface area (Å²) in [4.78, 5) is 19.1. The standard InChI is InChI=1S/C24H38N6O2/c1-17(2)22-28-27-18(3)30(22)20-9-13-29(14-10-20)15-11-21(19-8-7-12-25-16-19)26-23(31)32-24(4,5)6/h7-8,12,16-17,20-21H,9-11,13-15H2,1-6H3,(H,26,31)/t21-/m0/s1. The highest BCUT2D eigenvalue weighted by Crippen LogP contribution is 2.28. The monoisotopic (exact) mass is 442 g/mol. The fraction of sp³-hybridized carbons (Fsp3) is 0.667. The van der Waals surface area contributed by atoms with Crippen molar-refractivity contribution in [3.8, 4) is 0 Å². The van der Waals surface area contributed by atoms with Crippen molar-refractivity contribution >= 4 is 6.09 Å². The minimum absolute atomic E-state index is 0.135. The molecule has 1 aliphatic rings. The Balaban J connectivity index is 1.58. The van der Waals surface area contributed by atoms with E-state index in [9.17, 15) is 4.79 Å². The zero-order chi connectivity index (χ0) is 23.3. The third-order valence-electron chi connectivity index (χ3n) is 5.84. The first-order valence-corrected chi connectivity index (χ1v) is 11.7. The van der Waals surface area contributed by atoms with Gasteiger partial charge < -0.3 is 19.5 Å². The van der Waals surface area contributed by atoms with E-state index in [0.29, 0.717) is 12.0 Å². The van der Waals surface area contributed by atoms with Gasteiger partial charge in [-0.15, -0.1) is 10.2 Å². The van der Waals surface area contributed by atoms with Crippen LogP contribution < -0.4 is 5.32 Å². The van der Waals surface area contributed by atoms with Crippen LogP contribution in [0.3, 0.4) is 0 Å². The van der Waals surface area contributed by atoms with Gasteiger partial charge in [0, 0.05) is 44.0 Å². The van der Waals surface area contributed by atoms with Gasteiger partial charge in [0.2, 0.25) is 0 Å². The number of likely N-dealkylation sites (tertiary alicyclic amines) is 1. The smallest absolute Gasteiger partial charge is 0.408 e. The number of rotatable bonds is 7. The summed E-state index contributed by atoms with van der Waals surface area (Å²) >= 11 is 0. The molecule has 3 heterocycles. The lowest BCUT2D eigenvalue weighted by Crippen LogP contribution is -2.39. The number of piperidine rings is 1. The average molecular weight is 443 g/mol. The molecule has 8 heteroatoms. The summed E-state index contributed by atoms with van der Waals surface area (Å²) in [5.74, 6) is 2.46. The molecule has 2 aromatic heterocycles. The lowest BCUT2D eigenvalue weighted by molar-refractivity contribution is 0.0496. The van der Waals surface area contributed by atoms with Gasteiger partial charge in [-0.05, 0) is 58.6 Å². The molecule has 1 aliphatic heterocycles. The van der Waals surface area contributed by atoms with Gasteiger partial charge in [0.1, 0.15) is 17.2 Å². The van der Waals surface area contributed by atoms with Gasteiger partial charge in [0.05, 0.1) is 6.04 Å². The first-order chi connectivity index (χ1) is 15.1. The normalized spacial score (nSPS) is 16.8. The third kappa shape index (κ3) is 6.51. The molecule has 32 heavy (non-hydrogen) atoms. The number of aromatic nitrogens is 4. The van der Waals surface area contributed by atoms with E-state index in [1.165, 1.54) is 0 Å².